The van der Waals surface area contributed by atoms with Crippen LogP contribution in [0.1, 0.15) is 17.1 Å². The highest BCUT2D eigenvalue weighted by atomic mass is 32.2. The monoisotopic (exact) mass is 358 g/mol. The molecule has 0 fully saturated rings. The van der Waals surface area contributed by atoms with Crippen LogP contribution in [0.25, 0.3) is 0 Å². The number of nitrogens with one attached hydrogen (secondary N) is 2. The molecule has 0 bridgehead atoms. The predicted molar refractivity (Wildman–Crippen MR) is 98.2 cm³/mol. The second-order valence-electron chi connectivity index (χ2n) is 5.01. The lowest BCUT2D eigenvalue weighted by Gasteiger charge is -2.05. The van der Waals surface area contributed by atoms with Crippen LogP contribution in [0.3, 0.4) is 0 Å². The maximum atomic E-state index is 4.65. The van der Waals surface area contributed by atoms with Crippen molar-refractivity contribution in [3.63, 3.8) is 0 Å². The van der Waals surface area contributed by atoms with E-state index in [1.54, 1.807) is 11.3 Å². The second kappa shape index (κ2) is 9.29. The van der Waals surface area contributed by atoms with Crippen molar-refractivity contribution >= 4 is 46.5 Å². The van der Waals surface area contributed by atoms with Crippen LogP contribution in [0, 0.1) is 0 Å². The number of aromatic nitrogens is 3. The van der Waals surface area contributed by atoms with Gasteiger partial charge in [0.1, 0.15) is 5.01 Å². The van der Waals surface area contributed by atoms with Gasteiger partial charge in [-0.3, -0.25) is 0 Å². The van der Waals surface area contributed by atoms with Crippen molar-refractivity contribution in [3.8, 4) is 0 Å². The molecule has 0 atom stereocenters. The minimum Gasteiger partial charge on any atom is -0.369 e. The molecule has 0 aliphatic rings. The van der Waals surface area contributed by atoms with Gasteiger partial charge in [0.2, 0.25) is 0 Å². The maximum Gasteiger partial charge on any atom is 0.184 e. The van der Waals surface area contributed by atoms with E-state index in [9.17, 15) is 0 Å². The zero-order valence-corrected chi connectivity index (χ0v) is 15.6. The molecule has 0 amide bonds. The van der Waals surface area contributed by atoms with Gasteiger partial charge < -0.3 is 15.5 Å². The normalized spacial score (nSPS) is 11.1. The van der Waals surface area contributed by atoms with E-state index in [2.05, 4.69) is 48.7 Å². The van der Waals surface area contributed by atoms with Crippen LogP contribution < -0.4 is 10.6 Å². The molecule has 6 nitrogen and oxygen atoms in total. The average molecular weight is 359 g/mol. The van der Waals surface area contributed by atoms with Crippen molar-refractivity contribution in [2.45, 2.75) is 18.7 Å². The molecule has 2 aromatic heterocycles. The van der Waals surface area contributed by atoms with Crippen molar-refractivity contribution in [2.75, 3.05) is 44.1 Å². The molecular formula is C13H22N6S3. The summed E-state index contributed by atoms with van der Waals surface area (Å²) < 4.78 is 8.37. The van der Waals surface area contributed by atoms with Crippen LogP contribution in [-0.2, 0) is 12.3 Å². The van der Waals surface area contributed by atoms with Crippen molar-refractivity contribution in [3.05, 3.63) is 16.1 Å². The van der Waals surface area contributed by atoms with Crippen LogP contribution >= 0.6 is 34.8 Å². The van der Waals surface area contributed by atoms with Gasteiger partial charge in [0.05, 0.1) is 17.4 Å². The lowest BCUT2D eigenvalue weighted by atomic mass is 10.4. The Hall–Kier alpha value is -0.900. The zero-order valence-electron chi connectivity index (χ0n) is 13.1. The minimum absolute atomic E-state index is 0.827. The molecule has 0 aromatic carbocycles. The van der Waals surface area contributed by atoms with Crippen molar-refractivity contribution in [2.24, 2.45) is 0 Å². The first-order valence-electron chi connectivity index (χ1n) is 7.09. The number of nitrogens with zero attached hydrogens (tertiary/aromatic N) is 4. The number of anilines is 2. The largest absolute Gasteiger partial charge is 0.369 e. The van der Waals surface area contributed by atoms with E-state index >= 15 is 0 Å². The lowest BCUT2D eigenvalue weighted by Crippen LogP contribution is -2.10. The van der Waals surface area contributed by atoms with E-state index in [-0.39, 0.29) is 0 Å². The third kappa shape index (κ3) is 5.71. The van der Waals surface area contributed by atoms with Crippen LogP contribution in [0.4, 0.5) is 11.6 Å². The van der Waals surface area contributed by atoms with Gasteiger partial charge in [-0.1, -0.05) is 0 Å². The number of thioether (sulfide) groups is 1. The first kappa shape index (κ1) is 17.5. The smallest absolute Gasteiger partial charge is 0.184 e. The highest BCUT2D eigenvalue weighted by molar-refractivity contribution is 7.98. The number of hydrogen-bond donors (Lipinski definition) is 2. The quantitative estimate of drug-likeness (QED) is 0.633. The number of thiazole rings is 1. The molecule has 0 aliphatic heterocycles. The van der Waals surface area contributed by atoms with Gasteiger partial charge in [0, 0.05) is 31.3 Å². The van der Waals surface area contributed by atoms with E-state index < -0.39 is 0 Å². The Labute approximate surface area is 144 Å². The van der Waals surface area contributed by atoms with E-state index in [0.29, 0.717) is 0 Å². The molecule has 0 unspecified atom stereocenters. The molecule has 9 heteroatoms. The second-order valence-corrected chi connectivity index (χ2v) is 7.59. The molecular weight excluding hydrogens is 336 g/mol. The summed E-state index contributed by atoms with van der Waals surface area (Å²) >= 11 is 4.90. The Kier molecular flexibility index (Phi) is 7.37. The molecule has 2 N–H and O–H groups in total. The third-order valence-electron chi connectivity index (χ3n) is 2.78. The first-order valence-corrected chi connectivity index (χ1v) is 9.85. The van der Waals surface area contributed by atoms with Crippen LogP contribution in [0.2, 0.25) is 0 Å². The topological polar surface area (TPSA) is 66.0 Å². The SMILES string of the molecule is CNc1nsnc1NCCCSCc1csc(CN(C)C)n1. The average Bonchev–Trinajstić information content (AvgIpc) is 3.11. The Morgan fingerprint density at radius 3 is 2.86 bits per heavy atom. The van der Waals surface area contributed by atoms with E-state index in [4.69, 9.17) is 0 Å². The van der Waals surface area contributed by atoms with Gasteiger partial charge in [-0.15, -0.1) is 11.3 Å². The standard InChI is InChI=1S/C13H22N6S3/c1-14-12-13(18-22-17-12)15-5-4-6-20-8-10-9-21-11(16-10)7-19(2)3/h9H,4-8H2,1-3H3,(H,14,17)(H,15,18). The Morgan fingerprint density at radius 1 is 1.27 bits per heavy atom. The fourth-order valence-corrected chi connectivity index (χ4v) is 4.18. The van der Waals surface area contributed by atoms with Gasteiger partial charge in [-0.2, -0.15) is 20.5 Å². The summed E-state index contributed by atoms with van der Waals surface area (Å²) in [7, 11) is 6.00. The molecule has 2 aromatic rings. The van der Waals surface area contributed by atoms with Crippen LogP contribution in [0.15, 0.2) is 5.38 Å². The summed E-state index contributed by atoms with van der Waals surface area (Å²) in [6.45, 7) is 1.84. The molecule has 2 rings (SSSR count). The molecule has 0 spiro atoms. The number of hydrogen-bond acceptors (Lipinski definition) is 9. The summed E-state index contributed by atoms with van der Waals surface area (Å²) in [5.41, 5.74) is 1.20. The molecule has 0 aliphatic carbocycles. The van der Waals surface area contributed by atoms with Gasteiger partial charge in [-0.25, -0.2) is 4.98 Å². The zero-order chi connectivity index (χ0) is 15.8. The van der Waals surface area contributed by atoms with Crippen molar-refractivity contribution in [1.29, 1.82) is 0 Å². The fraction of sp³-hybridized carbons (Fsp3) is 0.615. The summed E-state index contributed by atoms with van der Waals surface area (Å²) in [5.74, 6) is 3.78. The Bertz CT molecular complexity index is 553. The maximum absolute atomic E-state index is 4.65. The minimum atomic E-state index is 0.827. The Balaban J connectivity index is 1.58. The summed E-state index contributed by atoms with van der Waals surface area (Å²) in [6, 6.07) is 0. The van der Waals surface area contributed by atoms with Gasteiger partial charge in [0.15, 0.2) is 11.6 Å². The van der Waals surface area contributed by atoms with Gasteiger partial charge in [0.25, 0.3) is 0 Å². The van der Waals surface area contributed by atoms with E-state index in [1.807, 2.05) is 18.8 Å². The van der Waals surface area contributed by atoms with Gasteiger partial charge in [-0.05, 0) is 26.3 Å². The van der Waals surface area contributed by atoms with Crippen molar-refractivity contribution < 1.29 is 0 Å². The molecule has 0 radical (unpaired) electrons. The Morgan fingerprint density at radius 2 is 2.09 bits per heavy atom. The molecule has 2 heterocycles. The van der Waals surface area contributed by atoms with Crippen LogP contribution in [0.5, 0.6) is 0 Å². The lowest BCUT2D eigenvalue weighted by molar-refractivity contribution is 0.401. The molecule has 122 valence electrons. The summed E-state index contributed by atoms with van der Waals surface area (Å²) in [4.78, 5) is 6.79. The third-order valence-corrected chi connectivity index (χ3v) is 5.27. The van der Waals surface area contributed by atoms with Crippen molar-refractivity contribution in [1.82, 2.24) is 18.6 Å². The summed E-state index contributed by atoms with van der Waals surface area (Å²) in [5, 5.41) is 9.70. The predicted octanol–water partition coefficient (Wildman–Crippen LogP) is 2.83. The fourth-order valence-electron chi connectivity index (χ4n) is 1.78. The molecule has 0 saturated heterocycles. The molecule has 22 heavy (non-hydrogen) atoms. The van der Waals surface area contributed by atoms with Gasteiger partial charge >= 0.3 is 0 Å². The van der Waals surface area contributed by atoms with Crippen LogP contribution in [-0.4, -0.2) is 52.1 Å². The summed E-state index contributed by atoms with van der Waals surface area (Å²) in [6.07, 6.45) is 1.10. The van der Waals surface area contributed by atoms with E-state index in [0.717, 1.165) is 42.7 Å². The first-order chi connectivity index (χ1) is 10.7. The number of rotatable bonds is 10. The van der Waals surface area contributed by atoms with E-state index in [1.165, 1.54) is 22.4 Å². The molecule has 0 saturated carbocycles. The highest BCUT2D eigenvalue weighted by Gasteiger charge is 2.05. The highest BCUT2D eigenvalue weighted by Crippen LogP contribution is 2.19.